The van der Waals surface area contributed by atoms with E-state index in [1.54, 1.807) is 23.1 Å². The number of nitrogens with zero attached hydrogens (tertiary/aromatic N) is 1. The zero-order valence-electron chi connectivity index (χ0n) is 17.8. The topological polar surface area (TPSA) is 70.2 Å². The summed E-state index contributed by atoms with van der Waals surface area (Å²) in [5, 5.41) is 2.90. The van der Waals surface area contributed by atoms with E-state index in [0.717, 1.165) is 38.2 Å². The number of alkyl halides is 3. The Kier molecular flexibility index (Phi) is 4.58. The molecule has 2 saturated carbocycles. The van der Waals surface area contributed by atoms with Crippen molar-refractivity contribution >= 4 is 51.9 Å². The third-order valence-corrected chi connectivity index (χ3v) is 11.5. The third kappa shape index (κ3) is 2.97. The molecule has 3 fully saturated rings. The highest BCUT2D eigenvalue weighted by atomic mass is 32.2. The number of thiophene rings is 1. The lowest BCUT2D eigenvalue weighted by Gasteiger charge is -2.42. The Morgan fingerprint density at radius 3 is 2.49 bits per heavy atom. The monoisotopic (exact) mass is 534 g/mol. The number of fused-ring (bicyclic) bond motifs is 9. The van der Waals surface area contributed by atoms with E-state index in [1.165, 1.54) is 23.5 Å². The van der Waals surface area contributed by atoms with E-state index in [9.17, 15) is 27.6 Å². The van der Waals surface area contributed by atoms with Crippen molar-refractivity contribution in [3.8, 4) is 0 Å². The molecule has 0 unspecified atom stereocenters. The molecule has 5 nitrogen and oxygen atoms in total. The van der Waals surface area contributed by atoms with Crippen molar-refractivity contribution in [2.24, 2.45) is 29.6 Å². The van der Waals surface area contributed by atoms with Gasteiger partial charge in [-0.25, -0.2) is 0 Å². The molecule has 2 amide bonds. The van der Waals surface area contributed by atoms with Gasteiger partial charge in [-0.05, 0) is 53.8 Å². The third-order valence-electron chi connectivity index (χ3n) is 8.01. The summed E-state index contributed by atoms with van der Waals surface area (Å²) in [6.45, 7) is 0. The largest absolute Gasteiger partial charge is 0.416 e. The number of nitrogens with one attached hydrogen (secondary N) is 1. The predicted octanol–water partition coefficient (Wildman–Crippen LogP) is 5.19. The van der Waals surface area contributed by atoms with Gasteiger partial charge in [0.05, 0.1) is 28.1 Å². The number of benzene rings is 1. The highest BCUT2D eigenvalue weighted by Crippen LogP contribution is 2.69. The maximum atomic E-state index is 13.6. The number of imide groups is 1. The Morgan fingerprint density at radius 2 is 1.77 bits per heavy atom. The summed E-state index contributed by atoms with van der Waals surface area (Å²) in [5.74, 6) is -1.94. The highest BCUT2D eigenvalue weighted by Gasteiger charge is 2.69. The molecule has 2 bridgehead atoms. The van der Waals surface area contributed by atoms with Crippen LogP contribution in [-0.4, -0.2) is 22.0 Å². The van der Waals surface area contributed by atoms with Crippen molar-refractivity contribution in [2.75, 3.05) is 4.90 Å². The number of carbonyl (C=O) groups is 2. The molecule has 1 N–H and O–H groups in total. The Labute approximate surface area is 209 Å². The minimum Gasteiger partial charge on any atom is -0.307 e. The molecular weight excluding hydrogens is 517 g/mol. The standard InChI is InChI=1S/C24H17F3N2O3S3/c25-24(26,27)9-3-1-4-10(7-9)29-21(30)15-11-8-12(16(15)22(29)31)18-14(11)17(13-5-2-6-33-13)19-20(34-18)28-23(32)35-19/h1-7,11-12,14-18H,8H2,(H,28,32)/t11-,12-,14-,15+,16-,17-,18-/m1/s1. The van der Waals surface area contributed by atoms with Crippen LogP contribution in [0, 0.1) is 29.6 Å². The predicted molar refractivity (Wildman–Crippen MR) is 127 cm³/mol. The number of anilines is 1. The average Bonchev–Trinajstić information content (AvgIpc) is 3.61. The molecule has 7 rings (SSSR count). The van der Waals surface area contributed by atoms with Crippen LogP contribution in [0.4, 0.5) is 18.9 Å². The summed E-state index contributed by atoms with van der Waals surface area (Å²) in [6.07, 6.45) is -3.82. The molecule has 0 spiro atoms. The summed E-state index contributed by atoms with van der Waals surface area (Å²) in [4.78, 5) is 45.4. The summed E-state index contributed by atoms with van der Waals surface area (Å²) >= 11 is 4.42. The fourth-order valence-corrected chi connectivity index (χ4v) is 10.7. The Hall–Kier alpha value is -2.37. The molecule has 35 heavy (non-hydrogen) atoms. The zero-order chi connectivity index (χ0) is 24.2. The molecule has 1 aromatic carbocycles. The van der Waals surface area contributed by atoms with Crippen LogP contribution in [-0.2, 0) is 15.8 Å². The number of halogens is 3. The molecule has 2 aliphatic heterocycles. The number of H-pyrrole nitrogens is 1. The SMILES string of the molecule is O=C1[C@@H]2[C@H]3C[C@@H]([C@@H]2C(=O)N1c1cccc(C(F)(F)F)c1)[C@@H]1[C@@H](c2cccs2)c2sc(=O)[nH]c2S[C@H]31. The normalized spacial score (nSPS) is 33.2. The van der Waals surface area contributed by atoms with Crippen molar-refractivity contribution in [1.29, 1.82) is 0 Å². The van der Waals surface area contributed by atoms with Gasteiger partial charge in [0.25, 0.3) is 0 Å². The van der Waals surface area contributed by atoms with Gasteiger partial charge < -0.3 is 4.98 Å². The van der Waals surface area contributed by atoms with Crippen molar-refractivity contribution in [2.45, 2.75) is 28.8 Å². The number of amides is 2. The van der Waals surface area contributed by atoms with Crippen LogP contribution in [0.15, 0.2) is 51.6 Å². The molecule has 2 aromatic heterocycles. The van der Waals surface area contributed by atoms with E-state index >= 15 is 0 Å². The molecule has 3 aromatic rings. The van der Waals surface area contributed by atoms with Gasteiger partial charge in [0.15, 0.2) is 0 Å². The molecular formula is C24H17F3N2O3S3. The molecule has 7 atom stereocenters. The van der Waals surface area contributed by atoms with Crippen LogP contribution in [0.1, 0.15) is 27.7 Å². The second-order valence-electron chi connectivity index (χ2n) is 9.54. The maximum absolute atomic E-state index is 13.6. The van der Waals surface area contributed by atoms with Gasteiger partial charge in [0.1, 0.15) is 0 Å². The van der Waals surface area contributed by atoms with Gasteiger partial charge in [0.2, 0.25) is 11.8 Å². The first kappa shape index (κ1) is 21.9. The Balaban J connectivity index is 1.30. The molecule has 0 radical (unpaired) electrons. The average molecular weight is 535 g/mol. The fraction of sp³-hybridized carbons (Fsp3) is 0.375. The first-order valence-corrected chi connectivity index (χ1v) is 13.8. The lowest BCUT2D eigenvalue weighted by molar-refractivity contribution is -0.137. The number of hydrogen-bond acceptors (Lipinski definition) is 6. The smallest absolute Gasteiger partial charge is 0.307 e. The lowest BCUT2D eigenvalue weighted by Crippen LogP contribution is -2.42. The zero-order valence-corrected chi connectivity index (χ0v) is 20.3. The van der Waals surface area contributed by atoms with Gasteiger partial charge in [0, 0.05) is 20.9 Å². The van der Waals surface area contributed by atoms with Crippen LogP contribution in [0.2, 0.25) is 0 Å². The quantitative estimate of drug-likeness (QED) is 0.459. The summed E-state index contributed by atoms with van der Waals surface area (Å²) < 4.78 is 39.9. The first-order valence-electron chi connectivity index (χ1n) is 11.2. The van der Waals surface area contributed by atoms with E-state index < -0.39 is 35.4 Å². The van der Waals surface area contributed by atoms with Crippen molar-refractivity contribution < 1.29 is 22.8 Å². The van der Waals surface area contributed by atoms with Crippen LogP contribution in [0.25, 0.3) is 0 Å². The molecule has 180 valence electrons. The first-order chi connectivity index (χ1) is 16.7. The van der Waals surface area contributed by atoms with Crippen LogP contribution < -0.4 is 9.77 Å². The summed E-state index contributed by atoms with van der Waals surface area (Å²) in [7, 11) is 0. The van der Waals surface area contributed by atoms with Crippen LogP contribution >= 0.6 is 34.4 Å². The maximum Gasteiger partial charge on any atom is 0.416 e. The summed E-state index contributed by atoms with van der Waals surface area (Å²) in [6, 6.07) is 8.48. The highest BCUT2D eigenvalue weighted by molar-refractivity contribution is 8.00. The van der Waals surface area contributed by atoms with Gasteiger partial charge >= 0.3 is 11.0 Å². The van der Waals surface area contributed by atoms with Crippen LogP contribution in [0.5, 0.6) is 0 Å². The number of aromatic nitrogens is 1. The van der Waals surface area contributed by atoms with E-state index in [-0.39, 0.29) is 39.5 Å². The Bertz CT molecular complexity index is 1430. The second kappa shape index (κ2) is 7.33. The van der Waals surface area contributed by atoms with Gasteiger partial charge in [-0.1, -0.05) is 23.5 Å². The van der Waals surface area contributed by atoms with Crippen molar-refractivity contribution in [3.63, 3.8) is 0 Å². The summed E-state index contributed by atoms with van der Waals surface area (Å²) in [5.41, 5.74) is -0.900. The number of rotatable bonds is 2. The molecule has 2 aliphatic carbocycles. The molecule has 11 heteroatoms. The number of hydrogen-bond donors (Lipinski definition) is 1. The van der Waals surface area contributed by atoms with E-state index in [1.807, 2.05) is 11.4 Å². The van der Waals surface area contributed by atoms with Gasteiger partial charge in [-0.3, -0.25) is 19.3 Å². The van der Waals surface area contributed by atoms with E-state index in [4.69, 9.17) is 0 Å². The minimum atomic E-state index is -4.56. The minimum absolute atomic E-state index is 0.0162. The number of carbonyl (C=O) groups excluding carboxylic acids is 2. The molecule has 1 saturated heterocycles. The van der Waals surface area contributed by atoms with Crippen molar-refractivity contribution in [3.05, 3.63) is 66.8 Å². The molecule has 4 heterocycles. The van der Waals surface area contributed by atoms with E-state index in [0.29, 0.717) is 0 Å². The number of thiazole rings is 1. The van der Waals surface area contributed by atoms with E-state index in [2.05, 4.69) is 11.1 Å². The van der Waals surface area contributed by atoms with Crippen LogP contribution in [0.3, 0.4) is 0 Å². The lowest BCUT2D eigenvalue weighted by atomic mass is 9.69. The van der Waals surface area contributed by atoms with Gasteiger partial charge in [-0.15, -0.1) is 23.1 Å². The number of aromatic amines is 1. The fourth-order valence-electron chi connectivity index (χ4n) is 6.88. The molecule has 4 aliphatic rings. The van der Waals surface area contributed by atoms with Gasteiger partial charge in [-0.2, -0.15) is 13.2 Å². The Morgan fingerprint density at radius 1 is 1.00 bits per heavy atom. The van der Waals surface area contributed by atoms with Crippen molar-refractivity contribution in [1.82, 2.24) is 4.98 Å². The number of thioether (sulfide) groups is 1. The second-order valence-corrected chi connectivity index (χ2v) is 12.7.